The van der Waals surface area contributed by atoms with Gasteiger partial charge in [-0.2, -0.15) is 0 Å². The smallest absolute Gasteiger partial charge is 0.260 e. The number of carbonyl (C=O) groups is 2. The minimum absolute atomic E-state index is 0.0119. The Bertz CT molecular complexity index is 876. The quantitative estimate of drug-likeness (QED) is 0.683. The lowest BCUT2D eigenvalue weighted by Gasteiger charge is -2.38. The molecule has 154 valence electrons. The number of halogens is 2. The molecule has 0 aliphatic carbocycles. The van der Waals surface area contributed by atoms with Crippen LogP contribution in [0.2, 0.25) is 10.0 Å². The van der Waals surface area contributed by atoms with Crippen LogP contribution in [-0.4, -0.2) is 35.4 Å². The van der Waals surface area contributed by atoms with Gasteiger partial charge < -0.3 is 15.0 Å². The molecule has 2 aromatic carbocycles. The minimum Gasteiger partial charge on any atom is -0.484 e. The predicted octanol–water partition coefficient (Wildman–Crippen LogP) is 5.41. The molecule has 1 N–H and O–H groups in total. The Balaban J connectivity index is 1.57. The fraction of sp³-hybridized carbons (Fsp3) is 0.364. The molecule has 1 fully saturated rings. The van der Waals surface area contributed by atoms with E-state index in [9.17, 15) is 9.59 Å². The number of ether oxygens (including phenoxy) is 1. The second kappa shape index (κ2) is 9.51. The monoisotopic (exact) mass is 434 g/mol. The molecule has 0 aromatic heterocycles. The van der Waals surface area contributed by atoms with Crippen molar-refractivity contribution < 1.29 is 14.3 Å². The van der Waals surface area contributed by atoms with Crippen molar-refractivity contribution in [2.75, 3.05) is 11.9 Å². The van der Waals surface area contributed by atoms with E-state index in [0.717, 1.165) is 19.3 Å². The van der Waals surface area contributed by atoms with Crippen LogP contribution in [0.5, 0.6) is 5.75 Å². The fourth-order valence-electron chi connectivity index (χ4n) is 3.62. The molecule has 1 aliphatic rings. The van der Waals surface area contributed by atoms with Crippen LogP contribution in [0, 0.1) is 0 Å². The van der Waals surface area contributed by atoms with Crippen LogP contribution in [0.3, 0.4) is 0 Å². The number of nitrogens with one attached hydrogen (secondary N) is 1. The van der Waals surface area contributed by atoms with Gasteiger partial charge in [0.25, 0.3) is 11.8 Å². The molecule has 0 spiro atoms. The second-order valence-electron chi connectivity index (χ2n) is 7.32. The van der Waals surface area contributed by atoms with Gasteiger partial charge in [0.1, 0.15) is 5.75 Å². The van der Waals surface area contributed by atoms with E-state index in [0.29, 0.717) is 27.0 Å². The maximum atomic E-state index is 12.5. The number of hydrogen-bond acceptors (Lipinski definition) is 3. The number of amides is 2. The van der Waals surface area contributed by atoms with Crippen molar-refractivity contribution in [3.8, 4) is 5.75 Å². The largest absolute Gasteiger partial charge is 0.484 e. The molecule has 1 heterocycles. The van der Waals surface area contributed by atoms with Gasteiger partial charge in [0, 0.05) is 22.7 Å². The molecule has 2 amide bonds. The van der Waals surface area contributed by atoms with E-state index in [1.54, 1.807) is 42.5 Å². The molecule has 3 rings (SSSR count). The Hall–Kier alpha value is -2.24. The van der Waals surface area contributed by atoms with Gasteiger partial charge in [-0.15, -0.1) is 0 Å². The van der Waals surface area contributed by atoms with E-state index < -0.39 is 0 Å². The molecule has 1 aliphatic heterocycles. The highest BCUT2D eigenvalue weighted by Gasteiger charge is 2.28. The molecular weight excluding hydrogens is 411 g/mol. The van der Waals surface area contributed by atoms with Gasteiger partial charge in [-0.1, -0.05) is 23.2 Å². The van der Waals surface area contributed by atoms with E-state index in [1.165, 1.54) is 0 Å². The Kier molecular flexibility index (Phi) is 7.04. The average molecular weight is 435 g/mol. The Morgan fingerprint density at radius 3 is 2.38 bits per heavy atom. The zero-order chi connectivity index (χ0) is 21.0. The molecule has 2 atom stereocenters. The first-order chi connectivity index (χ1) is 13.8. The lowest BCUT2D eigenvalue weighted by Crippen LogP contribution is -2.49. The molecule has 0 saturated carbocycles. The third-order valence-corrected chi connectivity index (χ3v) is 5.70. The standard InChI is InChI=1S/C22H24Cl2N2O3/c1-14-4-3-5-15(2)26(14)21(27)13-29-18-9-6-16(7-10-18)22(28)25-20-12-17(23)8-11-19(20)24/h6-12,14-15H,3-5,13H2,1-2H3,(H,25,28). The Labute approximate surface area is 180 Å². The molecule has 2 aromatic rings. The molecule has 0 radical (unpaired) electrons. The molecule has 7 heteroatoms. The van der Waals surface area contributed by atoms with Crippen molar-refractivity contribution in [3.63, 3.8) is 0 Å². The minimum atomic E-state index is -0.312. The number of carbonyl (C=O) groups excluding carboxylic acids is 2. The van der Waals surface area contributed by atoms with Gasteiger partial charge in [-0.05, 0) is 75.6 Å². The highest BCUT2D eigenvalue weighted by Crippen LogP contribution is 2.26. The van der Waals surface area contributed by atoms with Crippen LogP contribution < -0.4 is 10.1 Å². The summed E-state index contributed by atoms with van der Waals surface area (Å²) in [6, 6.07) is 12.0. The number of anilines is 1. The van der Waals surface area contributed by atoms with Crippen molar-refractivity contribution in [3.05, 3.63) is 58.1 Å². The van der Waals surface area contributed by atoms with Crippen LogP contribution in [0.25, 0.3) is 0 Å². The first kappa shape index (κ1) is 21.5. The molecule has 5 nitrogen and oxygen atoms in total. The molecule has 29 heavy (non-hydrogen) atoms. The van der Waals surface area contributed by atoms with Gasteiger partial charge in [0.15, 0.2) is 6.61 Å². The van der Waals surface area contributed by atoms with Crippen LogP contribution in [0.4, 0.5) is 5.69 Å². The number of hydrogen-bond donors (Lipinski definition) is 1. The predicted molar refractivity (Wildman–Crippen MR) is 116 cm³/mol. The molecular formula is C22H24Cl2N2O3. The zero-order valence-corrected chi connectivity index (χ0v) is 18.0. The zero-order valence-electron chi connectivity index (χ0n) is 16.5. The average Bonchev–Trinajstić information content (AvgIpc) is 2.69. The summed E-state index contributed by atoms with van der Waals surface area (Å²) in [6.45, 7) is 4.14. The first-order valence-corrected chi connectivity index (χ1v) is 10.4. The summed E-state index contributed by atoms with van der Waals surface area (Å²) in [4.78, 5) is 26.9. The van der Waals surface area contributed by atoms with E-state index >= 15 is 0 Å². The summed E-state index contributed by atoms with van der Waals surface area (Å²) in [6.07, 6.45) is 3.20. The lowest BCUT2D eigenvalue weighted by atomic mass is 9.97. The van der Waals surface area contributed by atoms with Crippen LogP contribution in [-0.2, 0) is 4.79 Å². The molecule has 2 unspecified atom stereocenters. The SMILES string of the molecule is CC1CCCC(C)N1C(=O)COc1ccc(C(=O)Nc2cc(Cl)ccc2Cl)cc1. The highest BCUT2D eigenvalue weighted by molar-refractivity contribution is 6.35. The topological polar surface area (TPSA) is 58.6 Å². The summed E-state index contributed by atoms with van der Waals surface area (Å²) >= 11 is 12.0. The van der Waals surface area contributed by atoms with Gasteiger partial charge in [-0.3, -0.25) is 9.59 Å². The van der Waals surface area contributed by atoms with Crippen molar-refractivity contribution in [2.45, 2.75) is 45.2 Å². The Morgan fingerprint density at radius 1 is 1.07 bits per heavy atom. The van der Waals surface area contributed by atoms with Crippen LogP contribution >= 0.6 is 23.2 Å². The van der Waals surface area contributed by atoms with Crippen molar-refractivity contribution in [1.29, 1.82) is 0 Å². The Morgan fingerprint density at radius 2 is 1.72 bits per heavy atom. The summed E-state index contributed by atoms with van der Waals surface area (Å²) < 4.78 is 5.64. The van der Waals surface area contributed by atoms with Crippen molar-refractivity contribution in [2.24, 2.45) is 0 Å². The summed E-state index contributed by atoms with van der Waals surface area (Å²) in [7, 11) is 0. The van der Waals surface area contributed by atoms with Crippen LogP contribution in [0.15, 0.2) is 42.5 Å². The van der Waals surface area contributed by atoms with E-state index in [4.69, 9.17) is 27.9 Å². The van der Waals surface area contributed by atoms with Gasteiger partial charge in [0.05, 0.1) is 10.7 Å². The molecule has 0 bridgehead atoms. The van der Waals surface area contributed by atoms with E-state index in [2.05, 4.69) is 19.2 Å². The number of benzene rings is 2. The van der Waals surface area contributed by atoms with Gasteiger partial charge >= 0.3 is 0 Å². The van der Waals surface area contributed by atoms with E-state index in [-0.39, 0.29) is 30.5 Å². The number of piperidine rings is 1. The van der Waals surface area contributed by atoms with Gasteiger partial charge in [0.2, 0.25) is 0 Å². The van der Waals surface area contributed by atoms with Crippen LogP contribution in [0.1, 0.15) is 43.5 Å². The third kappa shape index (κ3) is 5.43. The highest BCUT2D eigenvalue weighted by atomic mass is 35.5. The number of nitrogens with zero attached hydrogens (tertiary/aromatic N) is 1. The fourth-order valence-corrected chi connectivity index (χ4v) is 3.96. The summed E-state index contributed by atoms with van der Waals surface area (Å²) in [5.41, 5.74) is 0.887. The number of rotatable bonds is 5. The number of likely N-dealkylation sites (tertiary alicyclic amines) is 1. The summed E-state index contributed by atoms with van der Waals surface area (Å²) in [5, 5.41) is 3.62. The normalized spacial score (nSPS) is 19.0. The van der Waals surface area contributed by atoms with Crippen molar-refractivity contribution >= 4 is 40.7 Å². The first-order valence-electron chi connectivity index (χ1n) is 9.65. The maximum Gasteiger partial charge on any atom is 0.260 e. The maximum absolute atomic E-state index is 12.5. The lowest BCUT2D eigenvalue weighted by molar-refractivity contribution is -0.139. The molecule has 1 saturated heterocycles. The van der Waals surface area contributed by atoms with Crippen molar-refractivity contribution in [1.82, 2.24) is 4.90 Å². The summed E-state index contributed by atoms with van der Waals surface area (Å²) in [5.74, 6) is 0.211. The third-order valence-electron chi connectivity index (χ3n) is 5.14. The second-order valence-corrected chi connectivity index (χ2v) is 8.16. The van der Waals surface area contributed by atoms with E-state index in [1.807, 2.05) is 4.90 Å². The van der Waals surface area contributed by atoms with Gasteiger partial charge in [-0.25, -0.2) is 0 Å².